The van der Waals surface area contributed by atoms with Crippen LogP contribution in [0.5, 0.6) is 11.5 Å². The van der Waals surface area contributed by atoms with Crippen LogP contribution in [0.1, 0.15) is 45.1 Å². The summed E-state index contributed by atoms with van der Waals surface area (Å²) >= 11 is 0. The fourth-order valence-corrected chi connectivity index (χ4v) is 4.59. The number of ether oxygens (including phenoxy) is 4. The molecule has 0 aromatic heterocycles. The highest BCUT2D eigenvalue weighted by Crippen LogP contribution is 2.46. The molecule has 0 saturated carbocycles. The van der Waals surface area contributed by atoms with E-state index in [-0.39, 0.29) is 18.3 Å². The average Bonchev–Trinajstić information content (AvgIpc) is 2.80. The zero-order valence-corrected chi connectivity index (χ0v) is 19.9. The van der Waals surface area contributed by atoms with E-state index < -0.39 is 23.8 Å². The molecule has 1 aromatic carbocycles. The molecule has 1 heterocycles. The van der Waals surface area contributed by atoms with E-state index in [9.17, 15) is 14.4 Å². The molecule has 0 unspecified atom stereocenters. The number of allylic oxidation sites excluding steroid dienone is 3. The maximum atomic E-state index is 13.7. The summed E-state index contributed by atoms with van der Waals surface area (Å²) in [6, 6.07) is 5.27. The highest BCUT2D eigenvalue weighted by Gasteiger charge is 2.47. The third-order valence-electron chi connectivity index (χ3n) is 6.14. The van der Waals surface area contributed by atoms with Gasteiger partial charge in [-0.25, -0.2) is 4.79 Å². The maximum absolute atomic E-state index is 13.7. The summed E-state index contributed by atoms with van der Waals surface area (Å²) in [6.07, 6.45) is 1.14. The number of hydrogen-bond acceptors (Lipinski definition) is 8. The summed E-state index contributed by atoms with van der Waals surface area (Å²) in [6.45, 7) is 5.81. The van der Waals surface area contributed by atoms with Crippen LogP contribution in [0.2, 0.25) is 0 Å². The number of hydrogen-bond donors (Lipinski definition) is 1. The largest absolute Gasteiger partial charge is 0.493 e. The third-order valence-corrected chi connectivity index (χ3v) is 6.14. The first-order valence-corrected chi connectivity index (χ1v) is 11.0. The molecule has 0 radical (unpaired) electrons. The van der Waals surface area contributed by atoms with Crippen LogP contribution in [0.3, 0.4) is 0 Å². The number of benzene rings is 1. The molecule has 0 spiro atoms. The molecule has 33 heavy (non-hydrogen) atoms. The van der Waals surface area contributed by atoms with Gasteiger partial charge < -0.3 is 24.3 Å². The van der Waals surface area contributed by atoms with Gasteiger partial charge in [-0.2, -0.15) is 0 Å². The van der Waals surface area contributed by atoms with Crippen LogP contribution in [0, 0.1) is 11.8 Å². The van der Waals surface area contributed by atoms with Crippen LogP contribution >= 0.6 is 0 Å². The van der Waals surface area contributed by atoms with Crippen molar-refractivity contribution in [3.8, 4) is 11.5 Å². The second-order valence-corrected chi connectivity index (χ2v) is 8.29. The summed E-state index contributed by atoms with van der Waals surface area (Å²) in [4.78, 5) is 39.3. The van der Waals surface area contributed by atoms with Crippen LogP contribution in [0.25, 0.3) is 0 Å². The van der Waals surface area contributed by atoms with E-state index in [4.69, 9.17) is 18.9 Å². The lowest BCUT2D eigenvalue weighted by Crippen LogP contribution is -2.43. The minimum absolute atomic E-state index is 0.247. The molecule has 2 aliphatic rings. The predicted molar refractivity (Wildman–Crippen MR) is 121 cm³/mol. The number of dihydropyridines is 1. The van der Waals surface area contributed by atoms with Gasteiger partial charge in [0, 0.05) is 22.9 Å². The molecule has 1 N–H and O–H groups in total. The van der Waals surface area contributed by atoms with Gasteiger partial charge in [0.2, 0.25) is 0 Å². The van der Waals surface area contributed by atoms with E-state index in [1.54, 1.807) is 25.1 Å². The van der Waals surface area contributed by atoms with E-state index in [1.165, 1.54) is 21.3 Å². The second-order valence-electron chi connectivity index (χ2n) is 8.29. The molecule has 0 amide bonds. The van der Waals surface area contributed by atoms with Crippen molar-refractivity contribution in [1.82, 2.24) is 5.32 Å². The summed E-state index contributed by atoms with van der Waals surface area (Å²) < 4.78 is 21.2. The Morgan fingerprint density at radius 3 is 2.42 bits per heavy atom. The zero-order chi connectivity index (χ0) is 24.3. The first kappa shape index (κ1) is 24.4. The van der Waals surface area contributed by atoms with E-state index in [0.717, 1.165) is 0 Å². The van der Waals surface area contributed by atoms with E-state index >= 15 is 0 Å². The van der Waals surface area contributed by atoms with Crippen LogP contribution < -0.4 is 14.8 Å². The van der Waals surface area contributed by atoms with Crippen molar-refractivity contribution in [1.29, 1.82) is 0 Å². The number of rotatable bonds is 7. The fourth-order valence-electron chi connectivity index (χ4n) is 4.59. The Balaban J connectivity index is 2.20. The number of carbonyl (C=O) groups excluding carboxylic acids is 3. The lowest BCUT2D eigenvalue weighted by atomic mass is 9.69. The molecule has 0 bridgehead atoms. The van der Waals surface area contributed by atoms with Crippen molar-refractivity contribution in [3.63, 3.8) is 0 Å². The van der Waals surface area contributed by atoms with Gasteiger partial charge in [-0.3, -0.25) is 9.59 Å². The molecular weight excluding hydrogens is 426 g/mol. The summed E-state index contributed by atoms with van der Waals surface area (Å²) in [5.41, 5.74) is 2.70. The minimum Gasteiger partial charge on any atom is -0.493 e. The molecule has 0 saturated heterocycles. The summed E-state index contributed by atoms with van der Waals surface area (Å²) in [7, 11) is 4.33. The number of Topliss-reactive ketones (excluding diaryl/α,β-unsaturated/α-hetero) is 1. The van der Waals surface area contributed by atoms with Gasteiger partial charge in [0.1, 0.15) is 5.92 Å². The Morgan fingerprint density at radius 1 is 1.12 bits per heavy atom. The van der Waals surface area contributed by atoms with Crippen LogP contribution in [-0.4, -0.2) is 45.7 Å². The van der Waals surface area contributed by atoms with Crippen molar-refractivity contribution < 1.29 is 33.3 Å². The van der Waals surface area contributed by atoms with Crippen molar-refractivity contribution in [2.24, 2.45) is 11.8 Å². The number of nitrogens with one attached hydrogen (secondary N) is 1. The number of methoxy groups -OCH3 is 3. The first-order valence-electron chi connectivity index (χ1n) is 11.0. The number of carbonyl (C=O) groups is 3. The molecule has 0 fully saturated rings. The molecule has 1 aliphatic heterocycles. The number of esters is 2. The van der Waals surface area contributed by atoms with Gasteiger partial charge in [0.05, 0.1) is 33.5 Å². The lowest BCUT2D eigenvalue weighted by molar-refractivity contribution is -0.151. The molecule has 8 heteroatoms. The Hall–Kier alpha value is -3.29. The first-order chi connectivity index (χ1) is 15.8. The van der Waals surface area contributed by atoms with Crippen molar-refractivity contribution in [2.75, 3.05) is 27.9 Å². The van der Waals surface area contributed by atoms with Crippen molar-refractivity contribution in [2.45, 2.75) is 39.5 Å². The zero-order valence-electron chi connectivity index (χ0n) is 19.9. The minimum atomic E-state index is -0.940. The van der Waals surface area contributed by atoms with Crippen LogP contribution in [-0.2, 0) is 23.9 Å². The van der Waals surface area contributed by atoms with Gasteiger partial charge in [0.25, 0.3) is 0 Å². The van der Waals surface area contributed by atoms with Crippen LogP contribution in [0.4, 0.5) is 0 Å². The van der Waals surface area contributed by atoms with Gasteiger partial charge in [-0.15, -0.1) is 0 Å². The van der Waals surface area contributed by atoms with Gasteiger partial charge in [-0.05, 0) is 43.4 Å². The topological polar surface area (TPSA) is 100 Å². The molecule has 1 aliphatic carbocycles. The molecule has 178 valence electrons. The normalized spacial score (nSPS) is 22.4. The fraction of sp³-hybridized carbons (Fsp3) is 0.480. The second kappa shape index (κ2) is 10.1. The lowest BCUT2D eigenvalue weighted by Gasteiger charge is -2.38. The smallest absolute Gasteiger partial charge is 0.336 e. The SMILES string of the molecule is CCCOC(=O)C1=C(C)NC2=C(C(=O)[C@@H](C(=O)OC)[C@H](C)C2)[C@H]1c1ccc(OC)c(OC)c1. The van der Waals surface area contributed by atoms with Gasteiger partial charge in [0.15, 0.2) is 17.3 Å². The molecule has 1 aromatic rings. The predicted octanol–water partition coefficient (Wildman–Crippen LogP) is 3.27. The highest BCUT2D eigenvalue weighted by molar-refractivity contribution is 6.12. The monoisotopic (exact) mass is 457 g/mol. The molecule has 3 rings (SSSR count). The molecule has 8 nitrogen and oxygen atoms in total. The average molecular weight is 458 g/mol. The van der Waals surface area contributed by atoms with E-state index in [2.05, 4.69) is 5.32 Å². The number of ketones is 1. The molecular formula is C25H31NO7. The van der Waals surface area contributed by atoms with E-state index in [0.29, 0.717) is 52.4 Å². The Morgan fingerprint density at radius 2 is 1.82 bits per heavy atom. The van der Waals surface area contributed by atoms with Crippen LogP contribution in [0.15, 0.2) is 40.7 Å². The standard InChI is InChI=1S/C25H31NO7/c1-7-10-33-25(29)20-14(3)26-16-11-13(2)19(24(28)32-6)23(27)22(16)21(20)15-8-9-17(30-4)18(12-15)31-5/h8-9,12-13,19,21,26H,7,10-11H2,1-6H3/t13-,19+,21+/m1/s1. The highest BCUT2D eigenvalue weighted by atomic mass is 16.5. The Labute approximate surface area is 193 Å². The van der Waals surface area contributed by atoms with E-state index in [1.807, 2.05) is 13.8 Å². The Bertz CT molecular complexity index is 1020. The van der Waals surface area contributed by atoms with Gasteiger partial charge >= 0.3 is 11.9 Å². The maximum Gasteiger partial charge on any atom is 0.336 e. The summed E-state index contributed by atoms with van der Waals surface area (Å²) in [5.74, 6) is -2.35. The summed E-state index contributed by atoms with van der Waals surface area (Å²) in [5, 5.41) is 3.24. The Kier molecular flexibility index (Phi) is 7.46. The third kappa shape index (κ3) is 4.47. The van der Waals surface area contributed by atoms with Gasteiger partial charge in [-0.1, -0.05) is 19.9 Å². The van der Waals surface area contributed by atoms with Crippen molar-refractivity contribution >= 4 is 17.7 Å². The van der Waals surface area contributed by atoms with Crippen molar-refractivity contribution in [3.05, 3.63) is 46.3 Å². The quantitative estimate of drug-likeness (QED) is 0.492. The molecule has 3 atom stereocenters.